The van der Waals surface area contributed by atoms with Gasteiger partial charge < -0.3 is 4.52 Å². The Hall–Kier alpha value is -2.99. The summed E-state index contributed by atoms with van der Waals surface area (Å²) in [6, 6.07) is 15.7. The number of rotatable bonds is 4. The smallest absolute Gasteiger partial charge is 0.298 e. The van der Waals surface area contributed by atoms with Crippen LogP contribution in [0.1, 0.15) is 32.9 Å². The van der Waals surface area contributed by atoms with E-state index >= 15 is 0 Å². The number of hydrogen-bond acceptors (Lipinski definition) is 5. The van der Waals surface area contributed by atoms with E-state index in [0.29, 0.717) is 17.4 Å². The van der Waals surface area contributed by atoms with E-state index in [1.54, 1.807) is 17.9 Å². The maximum Gasteiger partial charge on any atom is 0.298 e. The molecule has 0 spiro atoms. The first kappa shape index (κ1) is 17.4. The average molecular weight is 377 g/mol. The molecule has 2 aromatic heterocycles. The van der Waals surface area contributed by atoms with E-state index in [4.69, 9.17) is 9.51 Å². The molecule has 2 heterocycles. The zero-order chi connectivity index (χ0) is 19.0. The minimum atomic E-state index is -0.244. The quantitative estimate of drug-likeness (QED) is 0.499. The minimum absolute atomic E-state index is 0.218. The van der Waals surface area contributed by atoms with Crippen LogP contribution in [0.25, 0.3) is 10.2 Å². The molecule has 0 radical (unpaired) electrons. The van der Waals surface area contributed by atoms with Gasteiger partial charge in [-0.15, -0.1) is 0 Å². The van der Waals surface area contributed by atoms with Crippen LogP contribution in [0, 0.1) is 20.8 Å². The Kier molecular flexibility index (Phi) is 4.49. The highest BCUT2D eigenvalue weighted by atomic mass is 32.1. The third-order valence-electron chi connectivity index (χ3n) is 4.49. The molecule has 2 aromatic carbocycles. The van der Waals surface area contributed by atoms with Gasteiger partial charge >= 0.3 is 0 Å². The molecule has 4 rings (SSSR count). The summed E-state index contributed by atoms with van der Waals surface area (Å²) in [6.45, 7) is 6.36. The van der Waals surface area contributed by atoms with Gasteiger partial charge in [-0.3, -0.25) is 9.69 Å². The number of nitrogens with zero attached hydrogens (tertiary/aromatic N) is 3. The van der Waals surface area contributed by atoms with Crippen molar-refractivity contribution >= 4 is 32.6 Å². The molecule has 1 amide bonds. The number of carbonyl (C=O) groups excluding carboxylic acids is 1. The summed E-state index contributed by atoms with van der Waals surface area (Å²) in [7, 11) is 0. The maximum absolute atomic E-state index is 13.1. The summed E-state index contributed by atoms with van der Waals surface area (Å²) < 4.78 is 6.28. The first-order valence-corrected chi connectivity index (χ1v) is 9.50. The van der Waals surface area contributed by atoms with Gasteiger partial charge in [-0.25, -0.2) is 4.98 Å². The number of fused-ring (bicyclic) bond motifs is 1. The van der Waals surface area contributed by atoms with E-state index in [1.807, 2.05) is 30.3 Å². The second kappa shape index (κ2) is 6.96. The van der Waals surface area contributed by atoms with Crippen LogP contribution in [0.5, 0.6) is 0 Å². The van der Waals surface area contributed by atoms with Crippen molar-refractivity contribution in [3.8, 4) is 0 Å². The lowest BCUT2D eigenvalue weighted by molar-refractivity contribution is 0.0949. The molecule has 0 saturated heterocycles. The Morgan fingerprint density at radius 1 is 1.07 bits per heavy atom. The van der Waals surface area contributed by atoms with Gasteiger partial charge in [-0.1, -0.05) is 46.8 Å². The van der Waals surface area contributed by atoms with Gasteiger partial charge in [0.25, 0.3) is 5.91 Å². The number of aromatic nitrogens is 2. The minimum Gasteiger partial charge on any atom is -0.351 e. The molecule has 6 heteroatoms. The second-order valence-electron chi connectivity index (χ2n) is 6.61. The first-order chi connectivity index (χ1) is 13.0. The van der Waals surface area contributed by atoms with Gasteiger partial charge in [0.1, 0.15) is 0 Å². The van der Waals surface area contributed by atoms with E-state index in [1.165, 1.54) is 22.5 Å². The molecule has 0 aliphatic rings. The van der Waals surface area contributed by atoms with Crippen LogP contribution in [0.2, 0.25) is 0 Å². The topological polar surface area (TPSA) is 59.2 Å². The maximum atomic E-state index is 13.1. The molecular formula is C21H19N3O2S. The number of amides is 1. The van der Waals surface area contributed by atoms with Gasteiger partial charge in [0, 0.05) is 6.07 Å². The second-order valence-corrected chi connectivity index (χ2v) is 7.62. The van der Waals surface area contributed by atoms with Crippen molar-refractivity contribution in [2.24, 2.45) is 0 Å². The molecule has 27 heavy (non-hydrogen) atoms. The van der Waals surface area contributed by atoms with E-state index in [2.05, 4.69) is 31.1 Å². The predicted octanol–water partition coefficient (Wildman–Crippen LogP) is 5.06. The zero-order valence-electron chi connectivity index (χ0n) is 15.4. The number of benzene rings is 2. The predicted molar refractivity (Wildman–Crippen MR) is 107 cm³/mol. The SMILES string of the molecule is Cc1cc(C(=O)N(Cc2ccccc2)c2nc3cc(C)c(C)cc3s2)on1. The summed E-state index contributed by atoms with van der Waals surface area (Å²) in [4.78, 5) is 19.5. The van der Waals surface area contributed by atoms with Crippen molar-refractivity contribution in [3.05, 3.63) is 76.7 Å². The largest absolute Gasteiger partial charge is 0.351 e. The summed E-state index contributed by atoms with van der Waals surface area (Å²) >= 11 is 1.51. The van der Waals surface area contributed by atoms with Crippen molar-refractivity contribution in [1.82, 2.24) is 10.1 Å². The number of anilines is 1. The number of carbonyl (C=O) groups is 1. The van der Waals surface area contributed by atoms with Crippen molar-refractivity contribution in [1.29, 1.82) is 0 Å². The zero-order valence-corrected chi connectivity index (χ0v) is 16.2. The van der Waals surface area contributed by atoms with E-state index < -0.39 is 0 Å². The van der Waals surface area contributed by atoms with Crippen LogP contribution in [0.3, 0.4) is 0 Å². The Morgan fingerprint density at radius 3 is 2.52 bits per heavy atom. The summed E-state index contributed by atoms with van der Waals surface area (Å²) in [5.41, 5.74) is 5.00. The molecule has 0 unspecified atom stereocenters. The fourth-order valence-electron chi connectivity index (χ4n) is 2.87. The summed E-state index contributed by atoms with van der Waals surface area (Å²) in [5.74, 6) is -0.0259. The molecule has 136 valence electrons. The van der Waals surface area contributed by atoms with Crippen LogP contribution in [-0.2, 0) is 6.54 Å². The average Bonchev–Trinajstić information content (AvgIpc) is 3.26. The molecule has 0 N–H and O–H groups in total. The van der Waals surface area contributed by atoms with Crippen LogP contribution >= 0.6 is 11.3 Å². The molecule has 0 bridgehead atoms. The molecule has 5 nitrogen and oxygen atoms in total. The Balaban J connectivity index is 1.78. The lowest BCUT2D eigenvalue weighted by Crippen LogP contribution is -2.30. The fourth-order valence-corrected chi connectivity index (χ4v) is 3.92. The van der Waals surface area contributed by atoms with E-state index in [-0.39, 0.29) is 11.7 Å². The fraction of sp³-hybridized carbons (Fsp3) is 0.190. The van der Waals surface area contributed by atoms with Crippen LogP contribution < -0.4 is 4.90 Å². The first-order valence-electron chi connectivity index (χ1n) is 8.68. The lowest BCUT2D eigenvalue weighted by Gasteiger charge is -2.18. The van der Waals surface area contributed by atoms with Crippen molar-refractivity contribution < 1.29 is 9.32 Å². The van der Waals surface area contributed by atoms with Crippen molar-refractivity contribution in [2.45, 2.75) is 27.3 Å². The highest BCUT2D eigenvalue weighted by molar-refractivity contribution is 7.22. The summed E-state index contributed by atoms with van der Waals surface area (Å²) in [6.07, 6.45) is 0. The molecule has 0 aliphatic carbocycles. The monoisotopic (exact) mass is 377 g/mol. The standard InChI is InChI=1S/C21H19N3O2S/c1-13-9-17-19(10-14(13)2)27-21(22-17)24(12-16-7-5-4-6-8-16)20(25)18-11-15(3)23-26-18/h4-11H,12H2,1-3H3. The number of aryl methyl sites for hydroxylation is 3. The molecule has 0 saturated carbocycles. The molecular weight excluding hydrogens is 358 g/mol. The Labute approximate surface area is 161 Å². The third-order valence-corrected chi connectivity index (χ3v) is 5.53. The van der Waals surface area contributed by atoms with Crippen LogP contribution in [0.4, 0.5) is 5.13 Å². The molecule has 0 atom stereocenters. The third kappa shape index (κ3) is 3.48. The van der Waals surface area contributed by atoms with Gasteiger partial charge in [-0.05, 0) is 49.6 Å². The van der Waals surface area contributed by atoms with Crippen LogP contribution in [0.15, 0.2) is 53.1 Å². The van der Waals surface area contributed by atoms with Crippen molar-refractivity contribution in [3.63, 3.8) is 0 Å². The Bertz CT molecular complexity index is 1080. The number of hydrogen-bond donors (Lipinski definition) is 0. The van der Waals surface area contributed by atoms with Crippen molar-refractivity contribution in [2.75, 3.05) is 4.90 Å². The van der Waals surface area contributed by atoms with Gasteiger partial charge in [0.2, 0.25) is 5.76 Å². The Morgan fingerprint density at radius 2 is 1.81 bits per heavy atom. The van der Waals surface area contributed by atoms with E-state index in [9.17, 15) is 4.79 Å². The highest BCUT2D eigenvalue weighted by Crippen LogP contribution is 2.32. The normalized spacial score (nSPS) is 11.1. The van der Waals surface area contributed by atoms with E-state index in [0.717, 1.165) is 15.8 Å². The van der Waals surface area contributed by atoms with Crippen LogP contribution in [-0.4, -0.2) is 16.0 Å². The molecule has 0 fully saturated rings. The lowest BCUT2D eigenvalue weighted by atomic mass is 10.1. The van der Waals surface area contributed by atoms with Gasteiger partial charge in [0.15, 0.2) is 5.13 Å². The van der Waals surface area contributed by atoms with Gasteiger partial charge in [0.05, 0.1) is 22.5 Å². The molecule has 4 aromatic rings. The highest BCUT2D eigenvalue weighted by Gasteiger charge is 2.25. The van der Waals surface area contributed by atoms with Gasteiger partial charge in [-0.2, -0.15) is 0 Å². The summed E-state index contributed by atoms with van der Waals surface area (Å²) in [5, 5.41) is 4.50. The molecule has 0 aliphatic heterocycles. The number of thiazole rings is 1.